The number of benzene rings is 2. The highest BCUT2D eigenvalue weighted by molar-refractivity contribution is 5.26. The van der Waals surface area contributed by atoms with Gasteiger partial charge in [-0.25, -0.2) is 4.39 Å². The van der Waals surface area contributed by atoms with Gasteiger partial charge in [0.05, 0.1) is 0 Å². The monoisotopic (exact) mass is 185 g/mol. The van der Waals surface area contributed by atoms with Crippen LogP contribution in [-0.2, 0) is 6.42 Å². The standard InChI is InChI=1S/C13H10F/c14-13-9-5-4-8-12(13)10-11-6-2-1-3-7-11/h1-3,5-9H,10H2. The molecule has 0 saturated carbocycles. The minimum Gasteiger partial charge on any atom is -0.207 e. The third kappa shape index (κ3) is 1.99. The van der Waals surface area contributed by atoms with Gasteiger partial charge in [-0.15, -0.1) is 0 Å². The second kappa shape index (κ2) is 4.05. The minimum atomic E-state index is -0.160. The predicted molar refractivity (Wildman–Crippen MR) is 54.5 cm³/mol. The summed E-state index contributed by atoms with van der Waals surface area (Å²) < 4.78 is 13.3. The van der Waals surface area contributed by atoms with Crippen molar-refractivity contribution in [3.63, 3.8) is 0 Å². The molecular weight excluding hydrogens is 175 g/mol. The zero-order valence-electron chi connectivity index (χ0n) is 7.70. The molecule has 0 heterocycles. The summed E-state index contributed by atoms with van der Waals surface area (Å²) in [6.07, 6.45) is 0.629. The summed E-state index contributed by atoms with van der Waals surface area (Å²) in [5, 5.41) is 0. The van der Waals surface area contributed by atoms with E-state index >= 15 is 0 Å². The first-order valence-electron chi connectivity index (χ1n) is 4.54. The molecule has 0 unspecified atom stereocenters. The Labute approximate surface area is 83.0 Å². The number of hydrogen-bond acceptors (Lipinski definition) is 0. The van der Waals surface area contributed by atoms with E-state index in [4.69, 9.17) is 0 Å². The Hall–Kier alpha value is -1.63. The average Bonchev–Trinajstić information content (AvgIpc) is 2.23. The van der Waals surface area contributed by atoms with E-state index in [0.29, 0.717) is 12.0 Å². The van der Waals surface area contributed by atoms with Crippen molar-refractivity contribution in [1.29, 1.82) is 0 Å². The van der Waals surface area contributed by atoms with Crippen LogP contribution in [0.25, 0.3) is 0 Å². The van der Waals surface area contributed by atoms with E-state index in [1.165, 1.54) is 6.07 Å². The molecule has 0 N–H and O–H groups in total. The predicted octanol–water partition coefficient (Wildman–Crippen LogP) is 3.22. The van der Waals surface area contributed by atoms with Crippen molar-refractivity contribution >= 4 is 0 Å². The van der Waals surface area contributed by atoms with Crippen LogP contribution in [0.4, 0.5) is 4.39 Å². The van der Waals surface area contributed by atoms with Crippen LogP contribution in [0.2, 0.25) is 0 Å². The summed E-state index contributed by atoms with van der Waals surface area (Å²) in [7, 11) is 0. The maximum Gasteiger partial charge on any atom is 0.126 e. The van der Waals surface area contributed by atoms with Gasteiger partial charge in [0, 0.05) is 6.42 Å². The molecule has 1 heteroatoms. The fourth-order valence-electron chi connectivity index (χ4n) is 1.40. The number of rotatable bonds is 2. The summed E-state index contributed by atoms with van der Waals surface area (Å²) in [5.41, 5.74) is 1.81. The van der Waals surface area contributed by atoms with E-state index in [2.05, 4.69) is 6.07 Å². The van der Waals surface area contributed by atoms with Crippen LogP contribution in [0.5, 0.6) is 0 Å². The Morgan fingerprint density at radius 2 is 1.86 bits per heavy atom. The van der Waals surface area contributed by atoms with Crippen molar-refractivity contribution in [3.8, 4) is 0 Å². The van der Waals surface area contributed by atoms with E-state index < -0.39 is 0 Å². The van der Waals surface area contributed by atoms with Gasteiger partial charge < -0.3 is 0 Å². The SMILES string of the molecule is Fc1cc[c]cc1Cc1ccccc1. The first-order chi connectivity index (χ1) is 6.86. The van der Waals surface area contributed by atoms with Crippen molar-refractivity contribution in [1.82, 2.24) is 0 Å². The molecule has 0 spiro atoms. The quantitative estimate of drug-likeness (QED) is 0.674. The van der Waals surface area contributed by atoms with Crippen molar-refractivity contribution in [2.24, 2.45) is 0 Å². The molecule has 0 fully saturated rings. The second-order valence-corrected chi connectivity index (χ2v) is 3.18. The zero-order valence-corrected chi connectivity index (χ0v) is 7.70. The lowest BCUT2D eigenvalue weighted by Crippen LogP contribution is -1.91. The van der Waals surface area contributed by atoms with Crippen LogP contribution < -0.4 is 0 Å². The van der Waals surface area contributed by atoms with Crippen LogP contribution in [0.3, 0.4) is 0 Å². The topological polar surface area (TPSA) is 0 Å². The molecule has 0 amide bonds. The number of halogens is 1. The van der Waals surface area contributed by atoms with Crippen molar-refractivity contribution in [2.45, 2.75) is 6.42 Å². The zero-order chi connectivity index (χ0) is 9.80. The molecule has 0 nitrogen and oxygen atoms in total. The molecule has 1 radical (unpaired) electrons. The maximum atomic E-state index is 13.3. The largest absolute Gasteiger partial charge is 0.207 e. The molecule has 2 aromatic carbocycles. The van der Waals surface area contributed by atoms with E-state index in [9.17, 15) is 4.39 Å². The first kappa shape index (κ1) is 8.95. The van der Waals surface area contributed by atoms with Gasteiger partial charge >= 0.3 is 0 Å². The summed E-state index contributed by atoms with van der Waals surface area (Å²) in [6.45, 7) is 0. The third-order valence-electron chi connectivity index (χ3n) is 2.13. The van der Waals surface area contributed by atoms with Crippen molar-refractivity contribution < 1.29 is 4.39 Å². The third-order valence-corrected chi connectivity index (χ3v) is 2.13. The normalized spacial score (nSPS) is 10.1. The summed E-state index contributed by atoms with van der Waals surface area (Å²) >= 11 is 0. The van der Waals surface area contributed by atoms with Crippen LogP contribution >= 0.6 is 0 Å². The molecule has 0 aromatic heterocycles. The lowest BCUT2D eigenvalue weighted by Gasteiger charge is -2.02. The fraction of sp³-hybridized carbons (Fsp3) is 0.0769. The van der Waals surface area contributed by atoms with Crippen LogP contribution in [0.15, 0.2) is 48.5 Å². The molecular formula is C13H10F. The van der Waals surface area contributed by atoms with Gasteiger partial charge in [0.25, 0.3) is 0 Å². The van der Waals surface area contributed by atoms with Gasteiger partial charge in [0.2, 0.25) is 0 Å². The van der Waals surface area contributed by atoms with Crippen molar-refractivity contribution in [3.05, 3.63) is 71.5 Å². The van der Waals surface area contributed by atoms with Gasteiger partial charge in [0.1, 0.15) is 5.82 Å². The molecule has 14 heavy (non-hydrogen) atoms. The molecule has 0 saturated heterocycles. The van der Waals surface area contributed by atoms with E-state index in [-0.39, 0.29) is 5.82 Å². The van der Waals surface area contributed by atoms with Gasteiger partial charge in [-0.05, 0) is 29.3 Å². The first-order valence-corrected chi connectivity index (χ1v) is 4.54. The molecule has 0 aliphatic rings. The van der Waals surface area contributed by atoms with E-state index in [1.807, 2.05) is 30.3 Å². The molecule has 0 bridgehead atoms. The highest BCUT2D eigenvalue weighted by Crippen LogP contribution is 2.11. The van der Waals surface area contributed by atoms with Gasteiger partial charge in [-0.3, -0.25) is 0 Å². The summed E-state index contributed by atoms with van der Waals surface area (Å²) in [6, 6.07) is 17.5. The highest BCUT2D eigenvalue weighted by Gasteiger charge is 2.00. The van der Waals surface area contributed by atoms with E-state index in [0.717, 1.165) is 5.56 Å². The minimum absolute atomic E-state index is 0.160. The molecule has 2 rings (SSSR count). The Kier molecular flexibility index (Phi) is 2.59. The smallest absolute Gasteiger partial charge is 0.126 e. The van der Waals surface area contributed by atoms with Crippen molar-refractivity contribution in [2.75, 3.05) is 0 Å². The van der Waals surface area contributed by atoms with Crippen LogP contribution in [-0.4, -0.2) is 0 Å². The Morgan fingerprint density at radius 3 is 2.57 bits per heavy atom. The molecule has 69 valence electrons. The van der Waals surface area contributed by atoms with Crippen LogP contribution in [0.1, 0.15) is 11.1 Å². The lowest BCUT2D eigenvalue weighted by atomic mass is 10.0. The Balaban J connectivity index is 2.24. The highest BCUT2D eigenvalue weighted by atomic mass is 19.1. The molecule has 0 aliphatic carbocycles. The summed E-state index contributed by atoms with van der Waals surface area (Å²) in [4.78, 5) is 0. The Morgan fingerprint density at radius 1 is 1.07 bits per heavy atom. The molecule has 2 aromatic rings. The number of hydrogen-bond donors (Lipinski definition) is 0. The van der Waals surface area contributed by atoms with E-state index in [1.54, 1.807) is 12.1 Å². The maximum absolute atomic E-state index is 13.3. The molecule has 0 aliphatic heterocycles. The average molecular weight is 185 g/mol. The fourth-order valence-corrected chi connectivity index (χ4v) is 1.40. The van der Waals surface area contributed by atoms with Gasteiger partial charge in [-0.2, -0.15) is 0 Å². The van der Waals surface area contributed by atoms with Gasteiger partial charge in [-0.1, -0.05) is 36.4 Å². The molecule has 0 atom stereocenters. The lowest BCUT2D eigenvalue weighted by molar-refractivity contribution is 0.614. The Bertz CT molecular complexity index is 407. The van der Waals surface area contributed by atoms with Crippen LogP contribution in [0, 0.1) is 11.9 Å². The van der Waals surface area contributed by atoms with Gasteiger partial charge in [0.15, 0.2) is 0 Å². The summed E-state index contributed by atoms with van der Waals surface area (Å²) in [5.74, 6) is -0.160. The second-order valence-electron chi connectivity index (χ2n) is 3.18.